The molecule has 5 heteroatoms. The monoisotopic (exact) mass is 304 g/mol. The highest BCUT2D eigenvalue weighted by Gasteiger charge is 2.14. The molecule has 2 aromatic rings. The van der Waals surface area contributed by atoms with Crippen LogP contribution < -0.4 is 11.1 Å². The number of rotatable bonds is 5. The van der Waals surface area contributed by atoms with Gasteiger partial charge in [-0.3, -0.25) is 4.79 Å². The molecule has 0 aliphatic rings. The molecule has 1 atom stereocenters. The number of carbonyl (C=O) groups excluding carboxylic acids is 1. The van der Waals surface area contributed by atoms with Gasteiger partial charge in [-0.2, -0.15) is 0 Å². The fraction of sp³-hybridized carbons (Fsp3) is 0.200. The average molecular weight is 304 g/mol. The summed E-state index contributed by atoms with van der Waals surface area (Å²) in [6, 6.07) is 11.1. The van der Waals surface area contributed by atoms with E-state index in [9.17, 15) is 4.79 Å². The van der Waals surface area contributed by atoms with Crippen LogP contribution in [0, 0.1) is 0 Å². The molecule has 1 aromatic carbocycles. The number of hydrogen-bond acceptors (Lipinski definition) is 3. The SMILES string of the molecule is CCC(NC(=O)c1ccc(C(N)=S)cc1)c1cccs1. The van der Waals surface area contributed by atoms with Crippen LogP contribution in [-0.2, 0) is 0 Å². The van der Waals surface area contributed by atoms with Crippen molar-refractivity contribution >= 4 is 34.5 Å². The molecule has 1 aromatic heterocycles. The van der Waals surface area contributed by atoms with Gasteiger partial charge in [0.05, 0.1) is 6.04 Å². The van der Waals surface area contributed by atoms with Crippen molar-refractivity contribution in [2.45, 2.75) is 19.4 Å². The molecule has 2 rings (SSSR count). The fourth-order valence-corrected chi connectivity index (χ4v) is 2.89. The highest BCUT2D eigenvalue weighted by atomic mass is 32.1. The van der Waals surface area contributed by atoms with Gasteiger partial charge >= 0.3 is 0 Å². The van der Waals surface area contributed by atoms with Crippen molar-refractivity contribution in [1.82, 2.24) is 5.32 Å². The Balaban J connectivity index is 2.09. The molecule has 0 saturated heterocycles. The van der Waals surface area contributed by atoms with Crippen LogP contribution in [0.25, 0.3) is 0 Å². The Bertz CT molecular complexity index is 591. The lowest BCUT2D eigenvalue weighted by atomic mass is 10.1. The van der Waals surface area contributed by atoms with Crippen LogP contribution in [-0.4, -0.2) is 10.9 Å². The molecule has 0 fully saturated rings. The summed E-state index contributed by atoms with van der Waals surface area (Å²) in [7, 11) is 0. The van der Waals surface area contributed by atoms with E-state index in [1.807, 2.05) is 17.5 Å². The first-order valence-electron chi connectivity index (χ1n) is 6.36. The van der Waals surface area contributed by atoms with Crippen molar-refractivity contribution in [2.24, 2.45) is 5.73 Å². The third kappa shape index (κ3) is 3.43. The fourth-order valence-electron chi connectivity index (χ4n) is 1.89. The third-order valence-corrected chi connectivity index (χ3v) is 4.25. The minimum absolute atomic E-state index is 0.0535. The second-order valence-corrected chi connectivity index (χ2v) is 5.81. The topological polar surface area (TPSA) is 55.1 Å². The van der Waals surface area contributed by atoms with Gasteiger partial charge in [0.15, 0.2) is 0 Å². The van der Waals surface area contributed by atoms with Crippen LogP contribution in [0.3, 0.4) is 0 Å². The van der Waals surface area contributed by atoms with Crippen LogP contribution in [0.1, 0.15) is 40.2 Å². The predicted molar refractivity (Wildman–Crippen MR) is 87.1 cm³/mol. The normalized spacial score (nSPS) is 11.8. The Morgan fingerprint density at radius 1 is 1.30 bits per heavy atom. The molecular formula is C15H16N2OS2. The second kappa shape index (κ2) is 6.63. The number of amides is 1. The van der Waals surface area contributed by atoms with E-state index in [2.05, 4.69) is 12.2 Å². The lowest BCUT2D eigenvalue weighted by molar-refractivity contribution is 0.0936. The van der Waals surface area contributed by atoms with E-state index in [1.165, 1.54) is 4.88 Å². The second-order valence-electron chi connectivity index (χ2n) is 4.39. The Morgan fingerprint density at radius 2 is 1.95 bits per heavy atom. The number of benzene rings is 1. The van der Waals surface area contributed by atoms with Crippen molar-refractivity contribution in [2.75, 3.05) is 0 Å². The van der Waals surface area contributed by atoms with Crippen molar-refractivity contribution in [1.29, 1.82) is 0 Å². The van der Waals surface area contributed by atoms with Gasteiger partial charge in [-0.25, -0.2) is 0 Å². The molecule has 3 N–H and O–H groups in total. The summed E-state index contributed by atoms with van der Waals surface area (Å²) in [6.45, 7) is 2.06. The number of hydrogen-bond donors (Lipinski definition) is 2. The van der Waals surface area contributed by atoms with E-state index in [0.29, 0.717) is 10.6 Å². The minimum Gasteiger partial charge on any atom is -0.389 e. The van der Waals surface area contributed by atoms with Crippen LogP contribution in [0.2, 0.25) is 0 Å². The van der Waals surface area contributed by atoms with Gasteiger partial charge in [-0.05, 0) is 30.0 Å². The smallest absolute Gasteiger partial charge is 0.251 e. The summed E-state index contributed by atoms with van der Waals surface area (Å²) in [5.74, 6) is -0.0836. The molecule has 20 heavy (non-hydrogen) atoms. The number of carbonyl (C=O) groups is 1. The molecular weight excluding hydrogens is 288 g/mol. The van der Waals surface area contributed by atoms with Crippen molar-refractivity contribution < 1.29 is 4.79 Å². The molecule has 104 valence electrons. The summed E-state index contributed by atoms with van der Waals surface area (Å²) >= 11 is 6.54. The van der Waals surface area contributed by atoms with Gasteiger partial charge < -0.3 is 11.1 Å². The minimum atomic E-state index is -0.0836. The number of nitrogens with two attached hydrogens (primary N) is 1. The molecule has 0 saturated carbocycles. The zero-order valence-corrected chi connectivity index (χ0v) is 12.8. The van der Waals surface area contributed by atoms with Gasteiger partial charge in [0.2, 0.25) is 0 Å². The quantitative estimate of drug-likeness (QED) is 0.834. The van der Waals surface area contributed by atoms with E-state index >= 15 is 0 Å². The molecule has 1 heterocycles. The maximum absolute atomic E-state index is 12.2. The number of thiophene rings is 1. The van der Waals surface area contributed by atoms with Gasteiger partial charge in [-0.15, -0.1) is 11.3 Å². The van der Waals surface area contributed by atoms with E-state index in [-0.39, 0.29) is 11.9 Å². The van der Waals surface area contributed by atoms with Crippen LogP contribution >= 0.6 is 23.6 Å². The summed E-state index contributed by atoms with van der Waals surface area (Å²) < 4.78 is 0. The summed E-state index contributed by atoms with van der Waals surface area (Å²) in [5.41, 5.74) is 6.92. The summed E-state index contributed by atoms with van der Waals surface area (Å²) in [5, 5.41) is 5.06. The highest BCUT2D eigenvalue weighted by Crippen LogP contribution is 2.22. The lowest BCUT2D eigenvalue weighted by Crippen LogP contribution is -2.27. The standard InChI is InChI=1S/C15H16N2OS2/c1-2-12(13-4-3-9-20-13)17-15(18)11-7-5-10(6-8-11)14(16)19/h3-9,12H,2H2,1H3,(H2,16,19)(H,17,18). The molecule has 0 spiro atoms. The molecule has 0 aliphatic heterocycles. The zero-order valence-electron chi connectivity index (χ0n) is 11.1. The summed E-state index contributed by atoms with van der Waals surface area (Å²) in [6.07, 6.45) is 0.858. The molecule has 0 aliphatic carbocycles. The Morgan fingerprint density at radius 3 is 2.45 bits per heavy atom. The van der Waals surface area contributed by atoms with Crippen molar-refractivity contribution in [3.8, 4) is 0 Å². The van der Waals surface area contributed by atoms with Crippen LogP contribution in [0.5, 0.6) is 0 Å². The number of nitrogens with one attached hydrogen (secondary N) is 1. The molecule has 0 bridgehead atoms. The van der Waals surface area contributed by atoms with Gasteiger partial charge in [-0.1, -0.05) is 37.3 Å². The first-order valence-corrected chi connectivity index (χ1v) is 7.64. The van der Waals surface area contributed by atoms with Crippen LogP contribution in [0.4, 0.5) is 0 Å². The summed E-state index contributed by atoms with van der Waals surface area (Å²) in [4.78, 5) is 13.7. The molecule has 1 unspecified atom stereocenters. The van der Waals surface area contributed by atoms with E-state index in [0.717, 1.165) is 12.0 Å². The van der Waals surface area contributed by atoms with E-state index in [4.69, 9.17) is 18.0 Å². The van der Waals surface area contributed by atoms with Crippen molar-refractivity contribution in [3.05, 3.63) is 57.8 Å². The number of thiocarbonyl (C=S) groups is 1. The Kier molecular flexibility index (Phi) is 4.87. The zero-order chi connectivity index (χ0) is 14.5. The van der Waals surface area contributed by atoms with Crippen LogP contribution in [0.15, 0.2) is 41.8 Å². The highest BCUT2D eigenvalue weighted by molar-refractivity contribution is 7.80. The predicted octanol–water partition coefficient (Wildman–Crippen LogP) is 3.26. The first-order chi connectivity index (χ1) is 9.61. The molecule has 1 amide bonds. The van der Waals surface area contributed by atoms with E-state index < -0.39 is 0 Å². The van der Waals surface area contributed by atoms with Crippen molar-refractivity contribution in [3.63, 3.8) is 0 Å². The molecule has 0 radical (unpaired) electrons. The van der Waals surface area contributed by atoms with E-state index in [1.54, 1.807) is 35.6 Å². The Hall–Kier alpha value is -1.72. The first kappa shape index (κ1) is 14.7. The third-order valence-electron chi connectivity index (χ3n) is 3.03. The maximum Gasteiger partial charge on any atom is 0.251 e. The van der Waals surface area contributed by atoms with Gasteiger partial charge in [0.1, 0.15) is 4.99 Å². The maximum atomic E-state index is 12.2. The average Bonchev–Trinajstić information content (AvgIpc) is 2.98. The van der Waals surface area contributed by atoms with Gasteiger partial charge in [0, 0.05) is 16.0 Å². The van der Waals surface area contributed by atoms with Gasteiger partial charge in [0.25, 0.3) is 5.91 Å². The largest absolute Gasteiger partial charge is 0.389 e. The lowest BCUT2D eigenvalue weighted by Gasteiger charge is -2.15. The Labute approximate surface area is 127 Å². The molecule has 3 nitrogen and oxygen atoms in total.